The van der Waals surface area contributed by atoms with E-state index in [9.17, 15) is 9.59 Å². The Morgan fingerprint density at radius 2 is 1.61 bits per heavy atom. The van der Waals surface area contributed by atoms with E-state index in [0.717, 1.165) is 12.8 Å². The first-order valence-corrected chi connectivity index (χ1v) is 9.74. The molecule has 0 aromatic heterocycles. The lowest BCUT2D eigenvalue weighted by molar-refractivity contribution is 0.0294. The molecule has 2 aromatic carbocycles. The minimum Gasteiger partial charge on any atom is -0.444 e. The first-order valence-electron chi connectivity index (χ1n) is 9.74. The molecule has 1 amide bonds. The highest BCUT2D eigenvalue weighted by atomic mass is 16.6. The van der Waals surface area contributed by atoms with Gasteiger partial charge in [0, 0.05) is 19.2 Å². The standard InChI is InChI=1S/C24H31NO3/c1-18(26)20-11-13-21(14-12-20)22(17-19-9-7-6-8-10-19)15-16-25(5)23(27)28-24(2,3)4/h6-14,22H,15-17H2,1-5H3. The summed E-state index contributed by atoms with van der Waals surface area (Å²) in [7, 11) is 1.77. The Labute approximate surface area is 168 Å². The maximum Gasteiger partial charge on any atom is 0.410 e. The average molecular weight is 382 g/mol. The smallest absolute Gasteiger partial charge is 0.410 e. The second kappa shape index (κ2) is 9.54. The number of rotatable bonds is 7. The third kappa shape index (κ3) is 6.84. The lowest BCUT2D eigenvalue weighted by Crippen LogP contribution is -2.35. The van der Waals surface area contributed by atoms with Crippen LogP contribution in [0.2, 0.25) is 0 Å². The molecule has 0 spiro atoms. The number of amides is 1. The summed E-state index contributed by atoms with van der Waals surface area (Å²) < 4.78 is 5.45. The summed E-state index contributed by atoms with van der Waals surface area (Å²) in [5.41, 5.74) is 2.64. The van der Waals surface area contributed by atoms with Crippen LogP contribution in [-0.4, -0.2) is 36.0 Å². The van der Waals surface area contributed by atoms with Crippen molar-refractivity contribution < 1.29 is 14.3 Å². The van der Waals surface area contributed by atoms with Crippen molar-refractivity contribution in [3.8, 4) is 0 Å². The molecule has 4 nitrogen and oxygen atoms in total. The van der Waals surface area contributed by atoms with Crippen LogP contribution >= 0.6 is 0 Å². The lowest BCUT2D eigenvalue weighted by Gasteiger charge is -2.26. The zero-order chi connectivity index (χ0) is 20.7. The van der Waals surface area contributed by atoms with Crippen LogP contribution in [0.25, 0.3) is 0 Å². The maximum absolute atomic E-state index is 12.3. The molecule has 2 rings (SSSR count). The molecule has 0 aliphatic rings. The van der Waals surface area contributed by atoms with Gasteiger partial charge in [0.1, 0.15) is 5.60 Å². The number of nitrogens with zero attached hydrogens (tertiary/aromatic N) is 1. The van der Waals surface area contributed by atoms with Crippen molar-refractivity contribution >= 4 is 11.9 Å². The molecule has 4 heteroatoms. The molecule has 0 saturated heterocycles. The van der Waals surface area contributed by atoms with E-state index < -0.39 is 5.60 Å². The van der Waals surface area contributed by atoms with Crippen molar-refractivity contribution in [2.45, 2.75) is 52.1 Å². The van der Waals surface area contributed by atoms with E-state index in [4.69, 9.17) is 4.74 Å². The van der Waals surface area contributed by atoms with Gasteiger partial charge in [0.15, 0.2) is 5.78 Å². The summed E-state index contributed by atoms with van der Waals surface area (Å²) in [6.07, 6.45) is 1.38. The molecule has 0 aliphatic carbocycles. The first-order chi connectivity index (χ1) is 13.2. The van der Waals surface area contributed by atoms with Gasteiger partial charge in [0.25, 0.3) is 0 Å². The van der Waals surface area contributed by atoms with Crippen molar-refractivity contribution in [3.63, 3.8) is 0 Å². The summed E-state index contributed by atoms with van der Waals surface area (Å²) >= 11 is 0. The predicted molar refractivity (Wildman–Crippen MR) is 113 cm³/mol. The molecule has 0 aliphatic heterocycles. The van der Waals surface area contributed by atoms with Gasteiger partial charge in [-0.15, -0.1) is 0 Å². The van der Waals surface area contributed by atoms with E-state index in [-0.39, 0.29) is 17.8 Å². The minimum absolute atomic E-state index is 0.0656. The van der Waals surface area contributed by atoms with Crippen LogP contribution in [0.3, 0.4) is 0 Å². The lowest BCUT2D eigenvalue weighted by atomic mass is 9.88. The van der Waals surface area contributed by atoms with E-state index in [0.29, 0.717) is 12.1 Å². The Hall–Kier alpha value is -2.62. The fourth-order valence-corrected chi connectivity index (χ4v) is 3.06. The van der Waals surface area contributed by atoms with Gasteiger partial charge < -0.3 is 9.64 Å². The highest BCUT2D eigenvalue weighted by Gasteiger charge is 2.21. The van der Waals surface area contributed by atoms with Crippen LogP contribution in [0.5, 0.6) is 0 Å². The molecule has 0 heterocycles. The van der Waals surface area contributed by atoms with Gasteiger partial charge in [0.2, 0.25) is 0 Å². The van der Waals surface area contributed by atoms with Crippen molar-refractivity contribution in [1.82, 2.24) is 4.90 Å². The van der Waals surface area contributed by atoms with Gasteiger partial charge in [-0.1, -0.05) is 54.6 Å². The molecular formula is C24H31NO3. The summed E-state index contributed by atoms with van der Waals surface area (Å²) in [6.45, 7) is 7.78. The number of hydrogen-bond acceptors (Lipinski definition) is 3. The van der Waals surface area contributed by atoms with E-state index in [2.05, 4.69) is 12.1 Å². The number of benzene rings is 2. The van der Waals surface area contributed by atoms with Gasteiger partial charge in [-0.05, 0) is 57.6 Å². The van der Waals surface area contributed by atoms with Crippen LogP contribution in [0.1, 0.15) is 61.5 Å². The Morgan fingerprint density at radius 3 is 2.14 bits per heavy atom. The molecule has 1 unspecified atom stereocenters. The minimum atomic E-state index is -0.503. The molecule has 150 valence electrons. The largest absolute Gasteiger partial charge is 0.444 e. The van der Waals surface area contributed by atoms with E-state index in [1.54, 1.807) is 18.9 Å². The zero-order valence-corrected chi connectivity index (χ0v) is 17.6. The molecule has 0 radical (unpaired) electrons. The number of ether oxygens (including phenoxy) is 1. The monoisotopic (exact) mass is 381 g/mol. The van der Waals surface area contributed by atoms with Crippen molar-refractivity contribution in [2.75, 3.05) is 13.6 Å². The molecular weight excluding hydrogens is 350 g/mol. The number of carbonyl (C=O) groups is 2. The topological polar surface area (TPSA) is 46.6 Å². The summed E-state index contributed by atoms with van der Waals surface area (Å²) in [6, 6.07) is 18.1. The van der Waals surface area contributed by atoms with E-state index in [1.165, 1.54) is 11.1 Å². The fraction of sp³-hybridized carbons (Fsp3) is 0.417. The Bertz CT molecular complexity index is 776. The molecule has 28 heavy (non-hydrogen) atoms. The van der Waals surface area contributed by atoms with Crippen LogP contribution in [0.4, 0.5) is 4.79 Å². The third-order valence-electron chi connectivity index (χ3n) is 4.63. The highest BCUT2D eigenvalue weighted by molar-refractivity contribution is 5.94. The molecule has 0 saturated carbocycles. The van der Waals surface area contributed by atoms with Crippen molar-refractivity contribution in [1.29, 1.82) is 0 Å². The predicted octanol–water partition coefficient (Wildman–Crippen LogP) is 5.47. The number of hydrogen-bond donors (Lipinski definition) is 0. The molecule has 0 N–H and O–H groups in total. The normalized spacial score (nSPS) is 12.3. The SMILES string of the molecule is CC(=O)c1ccc(C(CCN(C)C(=O)OC(C)(C)C)Cc2ccccc2)cc1. The van der Waals surface area contributed by atoms with Crippen LogP contribution < -0.4 is 0 Å². The van der Waals surface area contributed by atoms with Gasteiger partial charge >= 0.3 is 6.09 Å². The highest BCUT2D eigenvalue weighted by Crippen LogP contribution is 2.25. The van der Waals surface area contributed by atoms with Gasteiger partial charge in [-0.2, -0.15) is 0 Å². The molecule has 0 bridgehead atoms. The van der Waals surface area contributed by atoms with Gasteiger partial charge in [-0.25, -0.2) is 4.79 Å². The zero-order valence-electron chi connectivity index (χ0n) is 17.6. The third-order valence-corrected chi connectivity index (χ3v) is 4.63. The second-order valence-corrected chi connectivity index (χ2v) is 8.26. The number of ketones is 1. The van der Waals surface area contributed by atoms with Crippen LogP contribution in [0, 0.1) is 0 Å². The number of carbonyl (C=O) groups excluding carboxylic acids is 2. The van der Waals surface area contributed by atoms with Crippen LogP contribution in [-0.2, 0) is 11.2 Å². The fourth-order valence-electron chi connectivity index (χ4n) is 3.06. The van der Waals surface area contributed by atoms with Crippen molar-refractivity contribution in [3.05, 3.63) is 71.3 Å². The van der Waals surface area contributed by atoms with Crippen molar-refractivity contribution in [2.24, 2.45) is 0 Å². The quantitative estimate of drug-likeness (QED) is 0.597. The van der Waals surface area contributed by atoms with E-state index in [1.807, 2.05) is 63.2 Å². The first kappa shape index (κ1) is 21.7. The van der Waals surface area contributed by atoms with Crippen LogP contribution in [0.15, 0.2) is 54.6 Å². The Balaban J connectivity index is 2.12. The average Bonchev–Trinajstić information content (AvgIpc) is 2.64. The second-order valence-electron chi connectivity index (χ2n) is 8.26. The summed E-state index contributed by atoms with van der Waals surface area (Å²) in [5, 5.41) is 0. The van der Waals surface area contributed by atoms with E-state index >= 15 is 0 Å². The number of Topliss-reactive ketones (excluding diaryl/α,β-unsaturated/α-hetero) is 1. The maximum atomic E-state index is 12.3. The van der Waals surface area contributed by atoms with Gasteiger partial charge in [0.05, 0.1) is 0 Å². The molecule has 0 fully saturated rings. The summed E-state index contributed by atoms with van der Waals surface area (Å²) in [5.74, 6) is 0.309. The summed E-state index contributed by atoms with van der Waals surface area (Å²) in [4.78, 5) is 25.4. The molecule has 1 atom stereocenters. The Kier molecular flexibility index (Phi) is 7.38. The Morgan fingerprint density at radius 1 is 1.00 bits per heavy atom. The molecule has 2 aromatic rings. The van der Waals surface area contributed by atoms with Gasteiger partial charge in [-0.3, -0.25) is 4.79 Å².